The highest BCUT2D eigenvalue weighted by molar-refractivity contribution is 5.40. The molecule has 0 amide bonds. The van der Waals surface area contributed by atoms with Gasteiger partial charge in [-0.1, -0.05) is 95.8 Å². The summed E-state index contributed by atoms with van der Waals surface area (Å²) in [4.78, 5) is 0. The SMILES string of the molecule is CCCCCCCCCCCCCCC[N+](C)(C)c1ccccc1. The Bertz CT molecular complexity index is 382. The van der Waals surface area contributed by atoms with Gasteiger partial charge in [0, 0.05) is 0 Å². The highest BCUT2D eigenvalue weighted by Crippen LogP contribution is 2.19. The van der Waals surface area contributed by atoms with Crippen LogP contribution in [0, 0.1) is 0 Å². The second kappa shape index (κ2) is 13.5. The second-order valence-corrected chi connectivity index (χ2v) is 7.99. The van der Waals surface area contributed by atoms with E-state index in [2.05, 4.69) is 51.4 Å². The summed E-state index contributed by atoms with van der Waals surface area (Å²) in [5, 5.41) is 0. The normalized spacial score (nSPS) is 11.8. The van der Waals surface area contributed by atoms with Crippen LogP contribution in [0.25, 0.3) is 0 Å². The largest absolute Gasteiger partial charge is 0.296 e. The quantitative estimate of drug-likeness (QED) is 0.233. The van der Waals surface area contributed by atoms with E-state index in [4.69, 9.17) is 0 Å². The number of benzene rings is 1. The van der Waals surface area contributed by atoms with Gasteiger partial charge < -0.3 is 0 Å². The summed E-state index contributed by atoms with van der Waals surface area (Å²) in [5.41, 5.74) is 1.43. The first-order chi connectivity index (χ1) is 11.7. The number of quaternary nitrogens is 1. The Morgan fingerprint density at radius 1 is 0.583 bits per heavy atom. The molecule has 0 unspecified atom stereocenters. The standard InChI is InChI=1S/C23H42N/c1-4-5-6-7-8-9-10-11-12-13-14-15-19-22-24(2,3)23-20-17-16-18-21-23/h16-18,20-21H,4-15,19,22H2,1-3H3/q+1. The van der Waals surface area contributed by atoms with E-state index in [-0.39, 0.29) is 0 Å². The van der Waals surface area contributed by atoms with Crippen LogP contribution in [0.1, 0.15) is 90.4 Å². The van der Waals surface area contributed by atoms with E-state index in [0.717, 1.165) is 4.48 Å². The lowest BCUT2D eigenvalue weighted by atomic mass is 10.0. The van der Waals surface area contributed by atoms with Crippen molar-refractivity contribution in [3.8, 4) is 0 Å². The van der Waals surface area contributed by atoms with Gasteiger partial charge in [-0.15, -0.1) is 0 Å². The molecule has 0 heterocycles. The third-order valence-electron chi connectivity index (χ3n) is 5.28. The molecule has 0 saturated heterocycles. The van der Waals surface area contributed by atoms with Crippen molar-refractivity contribution in [3.63, 3.8) is 0 Å². The van der Waals surface area contributed by atoms with Crippen LogP contribution in [0.15, 0.2) is 30.3 Å². The zero-order valence-corrected chi connectivity index (χ0v) is 16.7. The molecule has 0 aromatic heterocycles. The third-order valence-corrected chi connectivity index (χ3v) is 5.28. The molecule has 0 aliphatic rings. The molecule has 24 heavy (non-hydrogen) atoms. The summed E-state index contributed by atoms with van der Waals surface area (Å²) >= 11 is 0. The molecule has 0 radical (unpaired) electrons. The predicted octanol–water partition coefficient (Wildman–Crippen LogP) is 7.34. The van der Waals surface area contributed by atoms with Crippen molar-refractivity contribution in [1.82, 2.24) is 4.48 Å². The maximum Gasteiger partial charge on any atom is 0.132 e. The first-order valence-corrected chi connectivity index (χ1v) is 10.6. The molecule has 0 aliphatic carbocycles. The van der Waals surface area contributed by atoms with Gasteiger partial charge in [-0.2, -0.15) is 0 Å². The monoisotopic (exact) mass is 332 g/mol. The van der Waals surface area contributed by atoms with Crippen molar-refractivity contribution >= 4 is 5.69 Å². The van der Waals surface area contributed by atoms with Crippen molar-refractivity contribution in [2.75, 3.05) is 20.6 Å². The van der Waals surface area contributed by atoms with Gasteiger partial charge in [0.05, 0.1) is 20.6 Å². The highest BCUT2D eigenvalue weighted by atomic mass is 15.3. The Labute approximate surface area is 152 Å². The molecule has 0 fully saturated rings. The number of hydrogen-bond donors (Lipinski definition) is 0. The predicted molar refractivity (Wildman–Crippen MR) is 111 cm³/mol. The second-order valence-electron chi connectivity index (χ2n) is 7.99. The molecular formula is C23H42N+. The smallest absolute Gasteiger partial charge is 0.132 e. The minimum absolute atomic E-state index is 1.01. The maximum absolute atomic E-state index is 2.33. The fourth-order valence-electron chi connectivity index (χ4n) is 3.49. The number of nitrogens with zero attached hydrogens (tertiary/aromatic N) is 1. The van der Waals surface area contributed by atoms with Gasteiger partial charge in [0.1, 0.15) is 5.69 Å². The zero-order valence-electron chi connectivity index (χ0n) is 16.7. The Kier molecular flexibility index (Phi) is 11.9. The molecule has 0 spiro atoms. The molecule has 1 rings (SSSR count). The van der Waals surface area contributed by atoms with Gasteiger partial charge in [-0.05, 0) is 25.0 Å². The average Bonchev–Trinajstić information content (AvgIpc) is 2.60. The zero-order chi connectivity index (χ0) is 17.5. The van der Waals surface area contributed by atoms with Gasteiger partial charge >= 0.3 is 0 Å². The van der Waals surface area contributed by atoms with E-state index in [1.54, 1.807) is 0 Å². The average molecular weight is 333 g/mol. The van der Waals surface area contributed by atoms with Gasteiger partial charge in [0.2, 0.25) is 0 Å². The summed E-state index contributed by atoms with van der Waals surface area (Å²) in [6.45, 7) is 3.55. The lowest BCUT2D eigenvalue weighted by Crippen LogP contribution is -2.41. The lowest BCUT2D eigenvalue weighted by Gasteiger charge is -2.29. The summed E-state index contributed by atoms with van der Waals surface area (Å²) in [6, 6.07) is 10.9. The molecule has 0 N–H and O–H groups in total. The van der Waals surface area contributed by atoms with Crippen molar-refractivity contribution in [1.29, 1.82) is 0 Å². The topological polar surface area (TPSA) is 0 Å². The number of para-hydroxylation sites is 1. The number of hydrogen-bond acceptors (Lipinski definition) is 0. The molecule has 138 valence electrons. The molecule has 1 heteroatoms. The molecule has 1 nitrogen and oxygen atoms in total. The van der Waals surface area contributed by atoms with E-state index in [9.17, 15) is 0 Å². The van der Waals surface area contributed by atoms with Crippen LogP contribution in [0.5, 0.6) is 0 Å². The van der Waals surface area contributed by atoms with Crippen LogP contribution in [0.3, 0.4) is 0 Å². The summed E-state index contributed by atoms with van der Waals surface area (Å²) in [5.74, 6) is 0. The first-order valence-electron chi connectivity index (χ1n) is 10.6. The van der Waals surface area contributed by atoms with E-state index in [0.29, 0.717) is 0 Å². The fraction of sp³-hybridized carbons (Fsp3) is 0.739. The Balaban J connectivity index is 1.90. The van der Waals surface area contributed by atoms with Gasteiger partial charge in [-0.25, -0.2) is 0 Å². The summed E-state index contributed by atoms with van der Waals surface area (Å²) in [7, 11) is 4.66. The fourth-order valence-corrected chi connectivity index (χ4v) is 3.49. The molecule has 0 saturated carbocycles. The first kappa shape index (κ1) is 21.2. The van der Waals surface area contributed by atoms with Crippen LogP contribution in [-0.2, 0) is 0 Å². The van der Waals surface area contributed by atoms with Gasteiger partial charge in [-0.3, -0.25) is 4.48 Å². The van der Waals surface area contributed by atoms with Crippen LogP contribution >= 0.6 is 0 Å². The Morgan fingerprint density at radius 3 is 1.46 bits per heavy atom. The molecule has 0 atom stereocenters. The molecule has 1 aromatic rings. The molecule has 0 bridgehead atoms. The van der Waals surface area contributed by atoms with Crippen molar-refractivity contribution in [2.24, 2.45) is 0 Å². The highest BCUT2D eigenvalue weighted by Gasteiger charge is 2.17. The van der Waals surface area contributed by atoms with Crippen LogP contribution in [-0.4, -0.2) is 20.6 Å². The van der Waals surface area contributed by atoms with Gasteiger partial charge in [0.25, 0.3) is 0 Å². The summed E-state index contributed by atoms with van der Waals surface area (Å²) in [6.07, 6.45) is 18.6. The minimum Gasteiger partial charge on any atom is -0.296 e. The molecular weight excluding hydrogens is 290 g/mol. The van der Waals surface area contributed by atoms with E-state index in [1.807, 2.05) is 0 Å². The van der Waals surface area contributed by atoms with Crippen molar-refractivity contribution in [2.45, 2.75) is 90.4 Å². The Hall–Kier alpha value is -0.820. The third kappa shape index (κ3) is 10.1. The number of unbranched alkanes of at least 4 members (excludes halogenated alkanes) is 12. The Morgan fingerprint density at radius 2 is 1.00 bits per heavy atom. The van der Waals surface area contributed by atoms with Crippen LogP contribution in [0.2, 0.25) is 0 Å². The number of rotatable bonds is 15. The van der Waals surface area contributed by atoms with Crippen molar-refractivity contribution < 1.29 is 0 Å². The van der Waals surface area contributed by atoms with Crippen molar-refractivity contribution in [3.05, 3.63) is 30.3 Å². The van der Waals surface area contributed by atoms with Gasteiger partial charge in [0.15, 0.2) is 0 Å². The van der Waals surface area contributed by atoms with E-state index < -0.39 is 0 Å². The maximum atomic E-state index is 2.33. The van der Waals surface area contributed by atoms with E-state index >= 15 is 0 Å². The molecule has 1 aromatic carbocycles. The minimum atomic E-state index is 1.01. The summed E-state index contributed by atoms with van der Waals surface area (Å²) < 4.78 is 1.01. The lowest BCUT2D eigenvalue weighted by molar-refractivity contribution is 0.380. The van der Waals surface area contributed by atoms with Crippen LogP contribution in [0.4, 0.5) is 5.69 Å². The van der Waals surface area contributed by atoms with E-state index in [1.165, 1.54) is 95.7 Å². The molecule has 0 aliphatic heterocycles. The van der Waals surface area contributed by atoms with Crippen LogP contribution < -0.4 is 4.48 Å².